The zero-order valence-electron chi connectivity index (χ0n) is 14.9. The van der Waals surface area contributed by atoms with Gasteiger partial charge in [0, 0.05) is 35.5 Å². The summed E-state index contributed by atoms with van der Waals surface area (Å²) in [4.78, 5) is 14.7. The maximum atomic E-state index is 6.56. The topological polar surface area (TPSA) is 69.6 Å². The molecule has 0 saturated carbocycles. The van der Waals surface area contributed by atoms with Gasteiger partial charge in [-0.25, -0.2) is 15.0 Å². The SMILES string of the molecule is Cc1ncc(-c2cc(-c3nccs3)nc3sc(SCCCCl)c(N)c23)n1C. The Hall–Kier alpha value is -1.61. The number of imidazole rings is 1. The number of hydrogen-bond acceptors (Lipinski definition) is 7. The molecule has 0 aliphatic carbocycles. The summed E-state index contributed by atoms with van der Waals surface area (Å²) in [5, 5.41) is 3.86. The van der Waals surface area contributed by atoms with Gasteiger partial charge in [0.15, 0.2) is 0 Å². The van der Waals surface area contributed by atoms with E-state index in [1.54, 1.807) is 40.6 Å². The lowest BCUT2D eigenvalue weighted by Gasteiger charge is -2.08. The number of thiophene rings is 1. The van der Waals surface area contributed by atoms with Crippen LogP contribution in [0.4, 0.5) is 5.69 Å². The zero-order valence-corrected chi connectivity index (χ0v) is 18.1. The summed E-state index contributed by atoms with van der Waals surface area (Å²) in [6.07, 6.45) is 4.65. The fourth-order valence-corrected chi connectivity index (χ4v) is 6.04. The van der Waals surface area contributed by atoms with Gasteiger partial charge in [-0.2, -0.15) is 0 Å². The van der Waals surface area contributed by atoms with E-state index in [4.69, 9.17) is 22.3 Å². The van der Waals surface area contributed by atoms with E-state index in [1.807, 2.05) is 25.5 Å². The van der Waals surface area contributed by atoms with E-state index in [2.05, 4.69) is 20.6 Å². The summed E-state index contributed by atoms with van der Waals surface area (Å²) in [5.41, 5.74) is 10.3. The van der Waals surface area contributed by atoms with Gasteiger partial charge >= 0.3 is 0 Å². The summed E-state index contributed by atoms with van der Waals surface area (Å²) in [7, 11) is 2.02. The van der Waals surface area contributed by atoms with Crippen molar-refractivity contribution in [3.8, 4) is 22.0 Å². The van der Waals surface area contributed by atoms with E-state index < -0.39 is 0 Å². The van der Waals surface area contributed by atoms with Crippen molar-refractivity contribution in [2.24, 2.45) is 7.05 Å². The molecule has 5 nitrogen and oxygen atoms in total. The van der Waals surface area contributed by atoms with Crippen molar-refractivity contribution >= 4 is 61.9 Å². The van der Waals surface area contributed by atoms with Crippen molar-refractivity contribution in [2.45, 2.75) is 17.6 Å². The number of nitrogens with zero attached hydrogens (tertiary/aromatic N) is 4. The molecule has 0 radical (unpaired) electrons. The lowest BCUT2D eigenvalue weighted by molar-refractivity contribution is 0.865. The molecule has 4 rings (SSSR count). The number of aryl methyl sites for hydroxylation is 1. The highest BCUT2D eigenvalue weighted by molar-refractivity contribution is 8.01. The molecule has 0 fully saturated rings. The average Bonchev–Trinajstić information content (AvgIpc) is 3.37. The number of rotatable bonds is 6. The third-order valence-corrected chi connectivity index (χ3v) is 7.86. The summed E-state index contributed by atoms with van der Waals surface area (Å²) >= 11 is 10.8. The first-order chi connectivity index (χ1) is 13.1. The van der Waals surface area contributed by atoms with Crippen LogP contribution in [0.2, 0.25) is 0 Å². The van der Waals surface area contributed by atoms with Crippen LogP contribution in [0.5, 0.6) is 0 Å². The van der Waals surface area contributed by atoms with Gasteiger partial charge in [-0.05, 0) is 25.2 Å². The molecule has 0 bridgehead atoms. The van der Waals surface area contributed by atoms with Crippen LogP contribution >= 0.6 is 46.0 Å². The van der Waals surface area contributed by atoms with Crippen LogP contribution in [-0.2, 0) is 7.05 Å². The number of pyridine rings is 1. The van der Waals surface area contributed by atoms with E-state index in [0.29, 0.717) is 5.88 Å². The third kappa shape index (κ3) is 3.47. The average molecular weight is 436 g/mol. The number of fused-ring (bicyclic) bond motifs is 1. The van der Waals surface area contributed by atoms with Crippen LogP contribution in [0.15, 0.2) is 28.0 Å². The van der Waals surface area contributed by atoms with Gasteiger partial charge in [0.1, 0.15) is 21.4 Å². The van der Waals surface area contributed by atoms with E-state index in [0.717, 1.165) is 60.1 Å². The van der Waals surface area contributed by atoms with E-state index in [1.165, 1.54) is 0 Å². The molecule has 0 unspecified atom stereocenters. The number of nitrogens with two attached hydrogens (primary N) is 1. The predicted molar refractivity (Wildman–Crippen MR) is 118 cm³/mol. The molecule has 0 aliphatic rings. The Kier molecular flexibility index (Phi) is 5.41. The zero-order chi connectivity index (χ0) is 19.0. The van der Waals surface area contributed by atoms with Crippen LogP contribution in [-0.4, -0.2) is 31.2 Å². The summed E-state index contributed by atoms with van der Waals surface area (Å²) in [6, 6.07) is 2.08. The Balaban J connectivity index is 1.93. The van der Waals surface area contributed by atoms with E-state index in [9.17, 15) is 0 Å². The molecule has 0 amide bonds. The second-order valence-electron chi connectivity index (χ2n) is 6.02. The molecule has 0 atom stereocenters. The van der Waals surface area contributed by atoms with Gasteiger partial charge in [0.05, 0.1) is 21.8 Å². The molecular weight excluding hydrogens is 418 g/mol. The van der Waals surface area contributed by atoms with Gasteiger partial charge in [-0.3, -0.25) is 0 Å². The maximum absolute atomic E-state index is 6.56. The third-order valence-electron chi connectivity index (χ3n) is 4.32. The summed E-state index contributed by atoms with van der Waals surface area (Å²) in [6.45, 7) is 1.99. The minimum atomic E-state index is 0.657. The number of thiazole rings is 1. The molecule has 4 aromatic heterocycles. The van der Waals surface area contributed by atoms with Gasteiger partial charge in [-0.1, -0.05) is 0 Å². The van der Waals surface area contributed by atoms with Crippen molar-refractivity contribution < 1.29 is 0 Å². The molecule has 4 heterocycles. The van der Waals surface area contributed by atoms with E-state index in [-0.39, 0.29) is 0 Å². The van der Waals surface area contributed by atoms with Gasteiger partial charge in [-0.15, -0.1) is 46.0 Å². The maximum Gasteiger partial charge on any atom is 0.141 e. The number of hydrogen-bond donors (Lipinski definition) is 1. The van der Waals surface area contributed by atoms with Gasteiger partial charge < -0.3 is 10.3 Å². The monoisotopic (exact) mass is 435 g/mol. The van der Waals surface area contributed by atoms with Crippen molar-refractivity contribution in [3.63, 3.8) is 0 Å². The first-order valence-corrected chi connectivity index (χ1v) is 11.6. The van der Waals surface area contributed by atoms with Crippen molar-refractivity contribution in [1.29, 1.82) is 0 Å². The number of halogens is 1. The highest BCUT2D eigenvalue weighted by atomic mass is 35.5. The molecule has 140 valence electrons. The molecule has 0 aromatic carbocycles. The standard InChI is InChI=1S/C18H18ClN5S3/c1-10-22-9-13(24(10)2)11-8-12(16-21-5-7-25-16)23-17-14(11)15(20)18(27-17)26-6-3-4-19/h5,7-9H,3-4,6,20H2,1-2H3. The Morgan fingerprint density at radius 1 is 1.33 bits per heavy atom. The van der Waals surface area contributed by atoms with Crippen molar-refractivity contribution in [1.82, 2.24) is 19.5 Å². The Morgan fingerprint density at radius 2 is 2.19 bits per heavy atom. The number of thioether (sulfide) groups is 1. The molecule has 0 saturated heterocycles. The molecule has 0 spiro atoms. The highest BCUT2D eigenvalue weighted by Gasteiger charge is 2.20. The summed E-state index contributed by atoms with van der Waals surface area (Å²) < 4.78 is 3.18. The van der Waals surface area contributed by atoms with Crippen molar-refractivity contribution in [3.05, 3.63) is 29.7 Å². The number of aromatic nitrogens is 4. The van der Waals surface area contributed by atoms with Crippen LogP contribution < -0.4 is 5.73 Å². The first-order valence-electron chi connectivity index (χ1n) is 8.40. The minimum Gasteiger partial charge on any atom is -0.397 e. The minimum absolute atomic E-state index is 0.657. The van der Waals surface area contributed by atoms with Crippen LogP contribution in [0.1, 0.15) is 12.2 Å². The second kappa shape index (κ2) is 7.79. The summed E-state index contributed by atoms with van der Waals surface area (Å²) in [5.74, 6) is 2.56. The molecule has 0 aliphatic heterocycles. The fourth-order valence-electron chi connectivity index (χ4n) is 2.84. The molecular formula is C18H18ClN5S3. The number of anilines is 1. The van der Waals surface area contributed by atoms with Crippen LogP contribution in [0.25, 0.3) is 32.2 Å². The largest absolute Gasteiger partial charge is 0.397 e. The lowest BCUT2D eigenvalue weighted by Crippen LogP contribution is -1.97. The normalized spacial score (nSPS) is 11.5. The highest BCUT2D eigenvalue weighted by Crippen LogP contribution is 2.45. The van der Waals surface area contributed by atoms with Crippen LogP contribution in [0.3, 0.4) is 0 Å². The molecule has 9 heteroatoms. The lowest BCUT2D eigenvalue weighted by atomic mass is 10.1. The van der Waals surface area contributed by atoms with E-state index >= 15 is 0 Å². The number of alkyl halides is 1. The number of nitrogen functional groups attached to an aromatic ring is 1. The molecule has 27 heavy (non-hydrogen) atoms. The molecule has 2 N–H and O–H groups in total. The van der Waals surface area contributed by atoms with Gasteiger partial charge in [0.2, 0.25) is 0 Å². The smallest absolute Gasteiger partial charge is 0.141 e. The van der Waals surface area contributed by atoms with Crippen molar-refractivity contribution in [2.75, 3.05) is 17.4 Å². The van der Waals surface area contributed by atoms with Crippen LogP contribution in [0, 0.1) is 6.92 Å². The fraction of sp³-hybridized carbons (Fsp3) is 0.278. The quantitative estimate of drug-likeness (QED) is 0.248. The Labute approximate surface area is 174 Å². The molecule has 4 aromatic rings. The Morgan fingerprint density at radius 3 is 2.85 bits per heavy atom. The first kappa shape index (κ1) is 18.7. The van der Waals surface area contributed by atoms with Gasteiger partial charge in [0.25, 0.3) is 0 Å². The predicted octanol–water partition coefficient (Wildman–Crippen LogP) is 5.43. The second-order valence-corrected chi connectivity index (χ2v) is 9.65. The Bertz CT molecular complexity index is 1080.